The molecule has 0 spiro atoms. The average molecular weight is 381 g/mol. The highest BCUT2D eigenvalue weighted by Gasteiger charge is 2.25. The van der Waals surface area contributed by atoms with Crippen LogP contribution in [0.1, 0.15) is 29.8 Å². The summed E-state index contributed by atoms with van der Waals surface area (Å²) >= 11 is 6.11. The second kappa shape index (κ2) is 7.56. The Labute approximate surface area is 153 Å². The largest absolute Gasteiger partial charge is 0.322 e. The maximum atomic E-state index is 12.6. The van der Waals surface area contributed by atoms with Crippen molar-refractivity contribution >= 4 is 33.2 Å². The highest BCUT2D eigenvalue weighted by atomic mass is 35.5. The molecule has 5 nitrogen and oxygen atoms in total. The van der Waals surface area contributed by atoms with Crippen molar-refractivity contribution in [3.05, 3.63) is 58.6 Å². The maximum absolute atomic E-state index is 12.6. The summed E-state index contributed by atoms with van der Waals surface area (Å²) in [6.45, 7) is 5.50. The van der Waals surface area contributed by atoms with Crippen molar-refractivity contribution in [2.24, 2.45) is 0 Å². The van der Waals surface area contributed by atoms with E-state index in [4.69, 9.17) is 11.6 Å². The molecular formula is C18H21ClN2O3S. The minimum atomic E-state index is -3.69. The van der Waals surface area contributed by atoms with Crippen LogP contribution in [0.4, 0.5) is 5.69 Å². The van der Waals surface area contributed by atoms with Crippen molar-refractivity contribution in [2.75, 3.05) is 12.4 Å². The third-order valence-electron chi connectivity index (χ3n) is 3.90. The zero-order valence-electron chi connectivity index (χ0n) is 14.6. The van der Waals surface area contributed by atoms with Crippen LogP contribution in [0.25, 0.3) is 0 Å². The van der Waals surface area contributed by atoms with Gasteiger partial charge in [-0.2, -0.15) is 4.31 Å². The second-order valence-corrected chi connectivity index (χ2v) is 8.48. The molecule has 0 heterocycles. The first-order chi connectivity index (χ1) is 11.6. The summed E-state index contributed by atoms with van der Waals surface area (Å²) in [7, 11) is -2.19. The molecule has 2 aromatic carbocycles. The van der Waals surface area contributed by atoms with Crippen LogP contribution in [0.5, 0.6) is 0 Å². The molecule has 2 rings (SSSR count). The van der Waals surface area contributed by atoms with Crippen LogP contribution < -0.4 is 5.32 Å². The number of anilines is 1. The minimum absolute atomic E-state index is 0.0298. The topological polar surface area (TPSA) is 66.5 Å². The first-order valence-corrected chi connectivity index (χ1v) is 9.60. The lowest BCUT2D eigenvalue weighted by atomic mass is 10.2. The zero-order valence-corrected chi connectivity index (χ0v) is 16.1. The minimum Gasteiger partial charge on any atom is -0.322 e. The lowest BCUT2D eigenvalue weighted by molar-refractivity contribution is 0.102. The van der Waals surface area contributed by atoms with Gasteiger partial charge in [-0.05, 0) is 51.1 Å². The lowest BCUT2D eigenvalue weighted by Gasteiger charge is -2.21. The van der Waals surface area contributed by atoms with E-state index in [2.05, 4.69) is 5.32 Å². The average Bonchev–Trinajstić information content (AvgIpc) is 2.56. The van der Waals surface area contributed by atoms with Gasteiger partial charge in [0.25, 0.3) is 5.91 Å². The molecule has 1 N–H and O–H groups in total. The Bertz CT molecular complexity index is 878. The Balaban J connectivity index is 2.35. The van der Waals surface area contributed by atoms with E-state index >= 15 is 0 Å². The number of nitrogens with zero attached hydrogens (tertiary/aromatic N) is 1. The SMILES string of the molecule is Cc1ccc(NC(=O)c2cc(S(=O)(=O)N(C)C(C)C)ccc2Cl)cc1. The predicted molar refractivity (Wildman–Crippen MR) is 101 cm³/mol. The Morgan fingerprint density at radius 2 is 1.72 bits per heavy atom. The third-order valence-corrected chi connectivity index (χ3v) is 6.26. The molecule has 0 aliphatic rings. The number of aryl methyl sites for hydroxylation is 1. The summed E-state index contributed by atoms with van der Waals surface area (Å²) in [5.74, 6) is -0.460. The Kier molecular flexibility index (Phi) is 5.87. The number of rotatable bonds is 5. The lowest BCUT2D eigenvalue weighted by Crippen LogP contribution is -2.33. The molecule has 2 aromatic rings. The van der Waals surface area contributed by atoms with Gasteiger partial charge < -0.3 is 5.32 Å². The molecule has 0 aliphatic heterocycles. The first-order valence-electron chi connectivity index (χ1n) is 7.78. The van der Waals surface area contributed by atoms with Gasteiger partial charge in [-0.15, -0.1) is 0 Å². The Morgan fingerprint density at radius 3 is 2.28 bits per heavy atom. The molecule has 0 bridgehead atoms. The fourth-order valence-corrected chi connectivity index (χ4v) is 3.72. The van der Waals surface area contributed by atoms with E-state index < -0.39 is 15.9 Å². The van der Waals surface area contributed by atoms with Crippen LogP contribution >= 0.6 is 11.6 Å². The number of hydrogen-bond acceptors (Lipinski definition) is 3. The van der Waals surface area contributed by atoms with Crippen LogP contribution in [0, 0.1) is 6.92 Å². The van der Waals surface area contributed by atoms with E-state index in [9.17, 15) is 13.2 Å². The van der Waals surface area contributed by atoms with Crippen molar-refractivity contribution in [3.8, 4) is 0 Å². The van der Waals surface area contributed by atoms with Crippen LogP contribution in [-0.4, -0.2) is 31.7 Å². The molecule has 7 heteroatoms. The highest BCUT2D eigenvalue weighted by molar-refractivity contribution is 7.89. The molecule has 0 saturated carbocycles. The third kappa shape index (κ3) is 4.39. The van der Waals surface area contributed by atoms with Gasteiger partial charge in [0.15, 0.2) is 0 Å². The number of carbonyl (C=O) groups is 1. The van der Waals surface area contributed by atoms with Gasteiger partial charge in [-0.25, -0.2) is 8.42 Å². The Hall–Kier alpha value is -1.89. The van der Waals surface area contributed by atoms with Gasteiger partial charge in [0, 0.05) is 18.8 Å². The number of amides is 1. The van der Waals surface area contributed by atoms with E-state index in [0.717, 1.165) is 5.56 Å². The molecule has 25 heavy (non-hydrogen) atoms. The predicted octanol–water partition coefficient (Wildman–Crippen LogP) is 3.93. The summed E-state index contributed by atoms with van der Waals surface area (Å²) in [5, 5.41) is 2.92. The summed E-state index contributed by atoms with van der Waals surface area (Å²) < 4.78 is 26.5. The van der Waals surface area contributed by atoms with Gasteiger partial charge in [-0.1, -0.05) is 29.3 Å². The van der Waals surface area contributed by atoms with E-state index in [1.807, 2.05) is 19.1 Å². The molecule has 0 aliphatic carbocycles. The van der Waals surface area contributed by atoms with Crippen molar-refractivity contribution in [2.45, 2.75) is 31.7 Å². The first kappa shape index (κ1) is 19.4. The number of carbonyl (C=O) groups excluding carboxylic acids is 1. The number of nitrogens with one attached hydrogen (secondary N) is 1. The molecule has 0 radical (unpaired) electrons. The smallest absolute Gasteiger partial charge is 0.257 e. The van der Waals surface area contributed by atoms with E-state index in [0.29, 0.717) is 5.69 Å². The van der Waals surface area contributed by atoms with Crippen molar-refractivity contribution in [3.63, 3.8) is 0 Å². The number of benzene rings is 2. The second-order valence-electron chi connectivity index (χ2n) is 6.08. The summed E-state index contributed by atoms with van der Waals surface area (Å²) in [5.41, 5.74) is 1.79. The maximum Gasteiger partial charge on any atom is 0.257 e. The van der Waals surface area contributed by atoms with Crippen LogP contribution in [0.3, 0.4) is 0 Å². The Morgan fingerprint density at radius 1 is 1.12 bits per heavy atom. The number of sulfonamides is 1. The molecule has 1 amide bonds. The van der Waals surface area contributed by atoms with Gasteiger partial charge in [0.05, 0.1) is 15.5 Å². The fourth-order valence-electron chi connectivity index (χ4n) is 2.12. The van der Waals surface area contributed by atoms with Crippen molar-refractivity contribution < 1.29 is 13.2 Å². The highest BCUT2D eigenvalue weighted by Crippen LogP contribution is 2.24. The molecule has 0 aromatic heterocycles. The van der Waals surface area contributed by atoms with Gasteiger partial charge >= 0.3 is 0 Å². The quantitative estimate of drug-likeness (QED) is 0.854. The molecule has 134 valence electrons. The van der Waals surface area contributed by atoms with Gasteiger partial charge in [0.1, 0.15) is 0 Å². The van der Waals surface area contributed by atoms with Crippen molar-refractivity contribution in [1.29, 1.82) is 0 Å². The fraction of sp³-hybridized carbons (Fsp3) is 0.278. The zero-order chi connectivity index (χ0) is 18.8. The summed E-state index contributed by atoms with van der Waals surface area (Å²) in [6, 6.07) is 11.2. The summed E-state index contributed by atoms with van der Waals surface area (Å²) in [6.07, 6.45) is 0. The normalized spacial score (nSPS) is 11.8. The van der Waals surface area contributed by atoms with E-state index in [-0.39, 0.29) is 21.5 Å². The molecule has 0 saturated heterocycles. The standard InChI is InChI=1S/C18H21ClN2O3S/c1-12(2)21(4)25(23,24)15-9-10-17(19)16(11-15)18(22)20-14-7-5-13(3)6-8-14/h5-12H,1-4H3,(H,20,22). The van der Waals surface area contributed by atoms with Crippen molar-refractivity contribution in [1.82, 2.24) is 4.31 Å². The monoisotopic (exact) mass is 380 g/mol. The van der Waals surface area contributed by atoms with Gasteiger partial charge in [0.2, 0.25) is 10.0 Å². The van der Waals surface area contributed by atoms with Gasteiger partial charge in [-0.3, -0.25) is 4.79 Å². The van der Waals surface area contributed by atoms with Crippen LogP contribution in [0.15, 0.2) is 47.4 Å². The molecule has 0 atom stereocenters. The molecule has 0 fully saturated rings. The summed E-state index contributed by atoms with van der Waals surface area (Å²) in [4.78, 5) is 12.5. The molecular weight excluding hydrogens is 360 g/mol. The van der Waals surface area contributed by atoms with E-state index in [1.165, 1.54) is 29.6 Å². The number of halogens is 1. The molecule has 0 unspecified atom stereocenters. The van der Waals surface area contributed by atoms with E-state index in [1.54, 1.807) is 26.0 Å². The van der Waals surface area contributed by atoms with Crippen LogP contribution in [0.2, 0.25) is 5.02 Å². The number of hydrogen-bond donors (Lipinski definition) is 1. The van der Waals surface area contributed by atoms with Crippen LogP contribution in [-0.2, 0) is 10.0 Å².